The first kappa shape index (κ1) is 17.1. The molecule has 6 heteroatoms. The molecule has 0 saturated carbocycles. The quantitative estimate of drug-likeness (QED) is 0.733. The van der Waals surface area contributed by atoms with E-state index in [0.29, 0.717) is 0 Å². The van der Waals surface area contributed by atoms with Crippen LogP contribution in [0.1, 0.15) is 30.0 Å². The average molecular weight is 353 g/mol. The van der Waals surface area contributed by atoms with Gasteiger partial charge in [-0.3, -0.25) is 9.59 Å². The maximum atomic E-state index is 12.4. The van der Waals surface area contributed by atoms with Crippen LogP contribution in [0.3, 0.4) is 0 Å². The Balaban J connectivity index is 1.72. The van der Waals surface area contributed by atoms with Crippen molar-refractivity contribution in [2.24, 2.45) is 0 Å². The molecule has 0 spiro atoms. The van der Waals surface area contributed by atoms with E-state index in [2.05, 4.69) is 15.6 Å². The summed E-state index contributed by atoms with van der Waals surface area (Å²) in [5.41, 5.74) is 2.57. The van der Waals surface area contributed by atoms with Crippen molar-refractivity contribution in [2.45, 2.75) is 26.3 Å². The summed E-state index contributed by atoms with van der Waals surface area (Å²) in [5.74, 6) is -0.314. The summed E-state index contributed by atoms with van der Waals surface area (Å²) in [6.45, 7) is 3.41. The zero-order valence-corrected chi connectivity index (χ0v) is 14.9. The van der Waals surface area contributed by atoms with Gasteiger partial charge < -0.3 is 10.6 Å². The number of benzene rings is 2. The molecule has 0 bridgehead atoms. The smallest absolute Gasteiger partial charge is 0.226 e. The number of aromatic nitrogens is 1. The summed E-state index contributed by atoms with van der Waals surface area (Å²) in [7, 11) is 0. The van der Waals surface area contributed by atoms with Gasteiger partial charge in [0.1, 0.15) is 0 Å². The number of anilines is 1. The molecule has 0 radical (unpaired) electrons. The van der Waals surface area contributed by atoms with E-state index in [9.17, 15) is 9.59 Å². The highest BCUT2D eigenvalue weighted by molar-refractivity contribution is 7.18. The number of nitrogens with one attached hydrogen (secondary N) is 2. The standard InChI is InChI=1S/C19H19N3O2S/c1-12(23)20-17(14-6-4-3-5-7-14)11-19(24)22-15-8-9-16-18(10-15)25-13(2)21-16/h3-10,17H,11H2,1-2H3,(H,20,23)(H,22,24). The predicted octanol–water partition coefficient (Wildman–Crippen LogP) is 3.81. The Morgan fingerprint density at radius 2 is 1.92 bits per heavy atom. The number of thiazole rings is 1. The molecule has 0 fully saturated rings. The SMILES string of the molecule is CC(=O)NC(CC(=O)Nc1ccc2nc(C)sc2c1)c1ccccc1. The van der Waals surface area contributed by atoms with Crippen LogP contribution < -0.4 is 10.6 Å². The molecule has 25 heavy (non-hydrogen) atoms. The maximum Gasteiger partial charge on any atom is 0.226 e. The van der Waals surface area contributed by atoms with Crippen LogP contribution >= 0.6 is 11.3 Å². The van der Waals surface area contributed by atoms with Crippen LogP contribution in [0.25, 0.3) is 10.2 Å². The van der Waals surface area contributed by atoms with Crippen LogP contribution in [-0.2, 0) is 9.59 Å². The molecular weight excluding hydrogens is 334 g/mol. The zero-order chi connectivity index (χ0) is 17.8. The van der Waals surface area contributed by atoms with E-state index < -0.39 is 0 Å². The molecule has 2 N–H and O–H groups in total. The lowest BCUT2D eigenvalue weighted by Crippen LogP contribution is -2.29. The van der Waals surface area contributed by atoms with Crippen LogP contribution in [-0.4, -0.2) is 16.8 Å². The summed E-state index contributed by atoms with van der Waals surface area (Å²) in [6, 6.07) is 14.8. The molecule has 1 atom stereocenters. The first-order valence-electron chi connectivity index (χ1n) is 8.00. The highest BCUT2D eigenvalue weighted by atomic mass is 32.1. The van der Waals surface area contributed by atoms with E-state index >= 15 is 0 Å². The number of rotatable bonds is 5. The third-order valence-corrected chi connectivity index (χ3v) is 4.68. The van der Waals surface area contributed by atoms with Crippen molar-refractivity contribution in [2.75, 3.05) is 5.32 Å². The lowest BCUT2D eigenvalue weighted by Gasteiger charge is -2.18. The van der Waals surface area contributed by atoms with Gasteiger partial charge in [0.15, 0.2) is 0 Å². The Morgan fingerprint density at radius 1 is 1.16 bits per heavy atom. The van der Waals surface area contributed by atoms with Crippen molar-refractivity contribution in [3.05, 3.63) is 59.1 Å². The zero-order valence-electron chi connectivity index (χ0n) is 14.1. The van der Waals surface area contributed by atoms with Gasteiger partial charge in [-0.1, -0.05) is 30.3 Å². The summed E-state index contributed by atoms with van der Waals surface area (Å²) >= 11 is 1.59. The molecule has 1 unspecified atom stereocenters. The van der Waals surface area contributed by atoms with Crippen molar-refractivity contribution < 1.29 is 9.59 Å². The first-order chi connectivity index (χ1) is 12.0. The summed E-state index contributed by atoms with van der Waals surface area (Å²) < 4.78 is 1.04. The van der Waals surface area contributed by atoms with Crippen molar-refractivity contribution in [3.63, 3.8) is 0 Å². The second-order valence-electron chi connectivity index (χ2n) is 5.83. The van der Waals surface area contributed by atoms with Crippen molar-refractivity contribution in [1.82, 2.24) is 10.3 Å². The summed E-state index contributed by atoms with van der Waals surface area (Å²) in [5, 5.41) is 6.74. The fourth-order valence-corrected chi connectivity index (χ4v) is 3.56. The van der Waals surface area contributed by atoms with Gasteiger partial charge in [-0.25, -0.2) is 4.98 Å². The number of carbonyl (C=O) groups is 2. The average Bonchev–Trinajstić information content (AvgIpc) is 2.94. The van der Waals surface area contributed by atoms with Crippen LogP contribution in [0.15, 0.2) is 48.5 Å². The lowest BCUT2D eigenvalue weighted by molar-refractivity contribution is -0.120. The minimum Gasteiger partial charge on any atom is -0.349 e. The van der Waals surface area contributed by atoms with Crippen LogP contribution in [0.2, 0.25) is 0 Å². The molecule has 1 heterocycles. The molecule has 0 saturated heterocycles. The van der Waals surface area contributed by atoms with Gasteiger partial charge >= 0.3 is 0 Å². The number of aryl methyl sites for hydroxylation is 1. The topological polar surface area (TPSA) is 71.1 Å². The monoisotopic (exact) mass is 353 g/mol. The third kappa shape index (κ3) is 4.42. The number of hydrogen-bond acceptors (Lipinski definition) is 4. The Bertz CT molecular complexity index is 905. The third-order valence-electron chi connectivity index (χ3n) is 3.75. The fraction of sp³-hybridized carbons (Fsp3) is 0.211. The molecule has 0 aliphatic carbocycles. The van der Waals surface area contributed by atoms with Gasteiger partial charge in [-0.05, 0) is 30.7 Å². The Morgan fingerprint density at radius 3 is 2.64 bits per heavy atom. The van der Waals surface area contributed by atoms with E-state index in [1.807, 2.05) is 55.5 Å². The molecular formula is C19H19N3O2S. The number of fused-ring (bicyclic) bond motifs is 1. The van der Waals surface area contributed by atoms with Gasteiger partial charge in [0, 0.05) is 12.6 Å². The van der Waals surface area contributed by atoms with Gasteiger partial charge in [0.25, 0.3) is 0 Å². The fourth-order valence-electron chi connectivity index (χ4n) is 2.70. The highest BCUT2D eigenvalue weighted by Gasteiger charge is 2.17. The Kier molecular flexibility index (Phi) is 5.09. The molecule has 3 aromatic rings. The van der Waals surface area contributed by atoms with Crippen molar-refractivity contribution in [1.29, 1.82) is 0 Å². The largest absolute Gasteiger partial charge is 0.349 e. The molecule has 5 nitrogen and oxygen atoms in total. The van der Waals surface area contributed by atoms with Crippen LogP contribution in [0.5, 0.6) is 0 Å². The first-order valence-corrected chi connectivity index (χ1v) is 8.82. The minimum atomic E-state index is -0.354. The number of carbonyl (C=O) groups excluding carboxylic acids is 2. The molecule has 128 valence electrons. The predicted molar refractivity (Wildman–Crippen MR) is 101 cm³/mol. The number of amides is 2. The van der Waals surface area contributed by atoms with Crippen LogP contribution in [0, 0.1) is 6.92 Å². The van der Waals surface area contributed by atoms with E-state index in [4.69, 9.17) is 0 Å². The van der Waals surface area contributed by atoms with Crippen molar-refractivity contribution >= 4 is 39.1 Å². The highest BCUT2D eigenvalue weighted by Crippen LogP contribution is 2.25. The molecule has 0 aliphatic rings. The molecule has 1 aromatic heterocycles. The van der Waals surface area contributed by atoms with Crippen molar-refractivity contribution in [3.8, 4) is 0 Å². The Labute approximate surface area is 150 Å². The molecule has 0 aliphatic heterocycles. The van der Waals surface area contributed by atoms with Gasteiger partial charge in [0.2, 0.25) is 11.8 Å². The van der Waals surface area contributed by atoms with Gasteiger partial charge in [-0.15, -0.1) is 11.3 Å². The van der Waals surface area contributed by atoms with E-state index in [1.54, 1.807) is 11.3 Å². The second kappa shape index (κ2) is 7.44. The van der Waals surface area contributed by atoms with Crippen LogP contribution in [0.4, 0.5) is 5.69 Å². The summed E-state index contributed by atoms with van der Waals surface area (Å²) in [6.07, 6.45) is 0.170. The molecule has 2 amide bonds. The van der Waals surface area contributed by atoms with E-state index in [1.165, 1.54) is 6.92 Å². The molecule has 3 rings (SSSR count). The number of hydrogen-bond donors (Lipinski definition) is 2. The maximum absolute atomic E-state index is 12.4. The Hall–Kier alpha value is -2.73. The van der Waals surface area contributed by atoms with E-state index in [-0.39, 0.29) is 24.3 Å². The normalized spacial score (nSPS) is 11.9. The lowest BCUT2D eigenvalue weighted by atomic mass is 10.0. The summed E-state index contributed by atoms with van der Waals surface area (Å²) in [4.78, 5) is 28.3. The molecule has 2 aromatic carbocycles. The minimum absolute atomic E-state index is 0.150. The van der Waals surface area contributed by atoms with Gasteiger partial charge in [0.05, 0.1) is 27.7 Å². The number of nitrogens with zero attached hydrogens (tertiary/aromatic N) is 1. The van der Waals surface area contributed by atoms with E-state index in [0.717, 1.165) is 26.5 Å². The second-order valence-corrected chi connectivity index (χ2v) is 7.07. The van der Waals surface area contributed by atoms with Gasteiger partial charge in [-0.2, -0.15) is 0 Å².